The number of hydrogen-bond acceptors (Lipinski definition) is 3. The van der Waals surface area contributed by atoms with Gasteiger partial charge in [0.05, 0.1) is 0 Å². The van der Waals surface area contributed by atoms with E-state index in [-0.39, 0.29) is 5.91 Å². The predicted molar refractivity (Wildman–Crippen MR) is 75.9 cm³/mol. The van der Waals surface area contributed by atoms with Crippen LogP contribution in [0.25, 0.3) is 0 Å². The highest BCUT2D eigenvalue weighted by molar-refractivity contribution is 5.96. The number of hydrogen-bond donors (Lipinski definition) is 1. The maximum absolute atomic E-state index is 12.4. The van der Waals surface area contributed by atoms with E-state index in [0.29, 0.717) is 6.04 Å². The summed E-state index contributed by atoms with van der Waals surface area (Å²) < 4.78 is 0. The lowest BCUT2D eigenvalue weighted by Gasteiger charge is -2.43. The standard InChI is InChI=1S/C15H23N3O/c19-15(13-5-3-1-2-4-6-13)18-9-7-17(8-10-18)14-11-16-12-14/h3,5-6,14,16H,1-2,4,7-12H2. The monoisotopic (exact) mass is 261 g/mol. The summed E-state index contributed by atoms with van der Waals surface area (Å²) in [5, 5.41) is 3.31. The second-order valence-corrected chi connectivity index (χ2v) is 5.63. The van der Waals surface area contributed by atoms with Gasteiger partial charge in [-0.1, -0.05) is 18.2 Å². The first-order valence-corrected chi connectivity index (χ1v) is 7.45. The van der Waals surface area contributed by atoms with Crippen molar-refractivity contribution >= 4 is 5.91 Å². The third-order valence-corrected chi connectivity index (χ3v) is 4.36. The van der Waals surface area contributed by atoms with E-state index in [9.17, 15) is 4.79 Å². The lowest BCUT2D eigenvalue weighted by Crippen LogP contribution is -2.62. The maximum Gasteiger partial charge on any atom is 0.253 e. The molecule has 0 radical (unpaired) electrons. The van der Waals surface area contributed by atoms with Gasteiger partial charge in [-0.15, -0.1) is 0 Å². The van der Waals surface area contributed by atoms with E-state index in [1.807, 2.05) is 11.0 Å². The zero-order valence-electron chi connectivity index (χ0n) is 11.5. The SMILES string of the molecule is O=C(C1=CCCCC=C1)N1CCN(C2CNC2)CC1. The van der Waals surface area contributed by atoms with Gasteiger partial charge in [0.1, 0.15) is 0 Å². The summed E-state index contributed by atoms with van der Waals surface area (Å²) in [6, 6.07) is 0.703. The molecule has 0 aromatic heterocycles. The second-order valence-electron chi connectivity index (χ2n) is 5.63. The van der Waals surface area contributed by atoms with Gasteiger partial charge in [-0.3, -0.25) is 9.69 Å². The maximum atomic E-state index is 12.4. The molecule has 0 unspecified atom stereocenters. The number of rotatable bonds is 2. The Morgan fingerprint density at radius 2 is 1.95 bits per heavy atom. The Labute approximate surface area is 115 Å². The number of allylic oxidation sites excluding steroid dienone is 2. The minimum absolute atomic E-state index is 0.226. The smallest absolute Gasteiger partial charge is 0.253 e. The predicted octanol–water partition coefficient (Wildman–Crippen LogP) is 0.769. The van der Waals surface area contributed by atoms with Gasteiger partial charge >= 0.3 is 0 Å². The third-order valence-electron chi connectivity index (χ3n) is 4.36. The molecule has 0 atom stereocenters. The molecule has 3 rings (SSSR count). The van der Waals surface area contributed by atoms with Crippen LogP contribution in [0.1, 0.15) is 19.3 Å². The molecule has 2 aliphatic heterocycles. The molecule has 1 aliphatic carbocycles. The normalized spacial score (nSPS) is 25.7. The molecule has 4 heteroatoms. The van der Waals surface area contributed by atoms with Crippen LogP contribution in [-0.4, -0.2) is 61.0 Å². The van der Waals surface area contributed by atoms with Crippen LogP contribution in [0, 0.1) is 0 Å². The van der Waals surface area contributed by atoms with Crippen molar-refractivity contribution in [3.63, 3.8) is 0 Å². The molecule has 1 N–H and O–H groups in total. The Kier molecular flexibility index (Phi) is 3.99. The highest BCUT2D eigenvalue weighted by atomic mass is 16.2. The molecule has 104 valence electrons. The van der Waals surface area contributed by atoms with Gasteiger partial charge in [0.25, 0.3) is 5.91 Å². The zero-order valence-corrected chi connectivity index (χ0v) is 11.5. The van der Waals surface area contributed by atoms with Crippen molar-refractivity contribution in [2.45, 2.75) is 25.3 Å². The number of nitrogens with zero attached hydrogens (tertiary/aromatic N) is 2. The molecule has 3 aliphatic rings. The van der Waals surface area contributed by atoms with Crippen molar-refractivity contribution in [2.24, 2.45) is 0 Å². The minimum atomic E-state index is 0.226. The molecule has 4 nitrogen and oxygen atoms in total. The van der Waals surface area contributed by atoms with Crippen LogP contribution in [0.15, 0.2) is 23.8 Å². The van der Waals surface area contributed by atoms with Crippen molar-refractivity contribution in [2.75, 3.05) is 39.3 Å². The van der Waals surface area contributed by atoms with E-state index in [4.69, 9.17) is 0 Å². The fourth-order valence-corrected chi connectivity index (χ4v) is 2.93. The first-order valence-electron chi connectivity index (χ1n) is 7.45. The van der Waals surface area contributed by atoms with Crippen LogP contribution < -0.4 is 5.32 Å². The van der Waals surface area contributed by atoms with E-state index in [1.54, 1.807) is 0 Å². The lowest BCUT2D eigenvalue weighted by atomic mass is 10.1. The highest BCUT2D eigenvalue weighted by Gasteiger charge is 2.29. The molecule has 2 heterocycles. The van der Waals surface area contributed by atoms with Gasteiger partial charge < -0.3 is 10.2 Å². The van der Waals surface area contributed by atoms with Crippen LogP contribution in [0.5, 0.6) is 0 Å². The van der Waals surface area contributed by atoms with Crippen molar-refractivity contribution in [1.29, 1.82) is 0 Å². The van der Waals surface area contributed by atoms with Gasteiger partial charge in [-0.25, -0.2) is 0 Å². The second kappa shape index (κ2) is 5.88. The summed E-state index contributed by atoms with van der Waals surface area (Å²) in [6.07, 6.45) is 9.53. The van der Waals surface area contributed by atoms with Gasteiger partial charge in [-0.05, 0) is 19.3 Å². The van der Waals surface area contributed by atoms with E-state index in [2.05, 4.69) is 22.4 Å². The first kappa shape index (κ1) is 12.9. The summed E-state index contributed by atoms with van der Waals surface area (Å²) in [5.41, 5.74) is 0.899. The molecular formula is C15H23N3O. The Bertz CT molecular complexity index is 390. The van der Waals surface area contributed by atoms with E-state index in [0.717, 1.165) is 64.1 Å². The molecule has 19 heavy (non-hydrogen) atoms. The summed E-state index contributed by atoms with van der Waals surface area (Å²) in [6.45, 7) is 6.02. The van der Waals surface area contributed by atoms with Crippen LogP contribution in [0.2, 0.25) is 0 Å². The molecule has 0 bridgehead atoms. The zero-order chi connectivity index (χ0) is 13.1. The highest BCUT2D eigenvalue weighted by Crippen LogP contribution is 2.15. The van der Waals surface area contributed by atoms with Crippen LogP contribution >= 0.6 is 0 Å². The largest absolute Gasteiger partial charge is 0.336 e. The van der Waals surface area contributed by atoms with Crippen molar-refractivity contribution in [3.05, 3.63) is 23.8 Å². The number of carbonyl (C=O) groups is 1. The van der Waals surface area contributed by atoms with Gasteiger partial charge in [0.2, 0.25) is 0 Å². The van der Waals surface area contributed by atoms with Crippen molar-refractivity contribution < 1.29 is 4.79 Å². The topological polar surface area (TPSA) is 35.6 Å². The molecule has 1 amide bonds. The fraction of sp³-hybridized carbons (Fsp3) is 0.667. The van der Waals surface area contributed by atoms with E-state index in [1.165, 1.54) is 0 Å². The van der Waals surface area contributed by atoms with Crippen molar-refractivity contribution in [3.8, 4) is 0 Å². The van der Waals surface area contributed by atoms with Crippen LogP contribution in [0.3, 0.4) is 0 Å². The lowest BCUT2D eigenvalue weighted by molar-refractivity contribution is -0.129. The number of piperazine rings is 1. The van der Waals surface area contributed by atoms with Crippen LogP contribution in [-0.2, 0) is 4.79 Å². The Hall–Kier alpha value is -1.13. The molecular weight excluding hydrogens is 238 g/mol. The molecule has 0 spiro atoms. The molecule has 2 fully saturated rings. The number of nitrogens with one attached hydrogen (secondary N) is 1. The van der Waals surface area contributed by atoms with Crippen LogP contribution in [0.4, 0.5) is 0 Å². The average Bonchev–Trinajstić information content (AvgIpc) is 2.65. The van der Waals surface area contributed by atoms with Gasteiger partial charge in [0, 0.05) is 50.9 Å². The molecule has 0 saturated carbocycles. The summed E-state index contributed by atoms with van der Waals surface area (Å²) in [7, 11) is 0. The Morgan fingerprint density at radius 1 is 1.16 bits per heavy atom. The average molecular weight is 261 g/mol. The first-order chi connectivity index (χ1) is 9.34. The minimum Gasteiger partial charge on any atom is -0.336 e. The third kappa shape index (κ3) is 2.90. The number of carbonyl (C=O) groups excluding carboxylic acids is 1. The Balaban J connectivity index is 1.55. The summed E-state index contributed by atoms with van der Waals surface area (Å²) in [4.78, 5) is 17.0. The van der Waals surface area contributed by atoms with E-state index >= 15 is 0 Å². The van der Waals surface area contributed by atoms with Gasteiger partial charge in [-0.2, -0.15) is 0 Å². The molecule has 0 aromatic carbocycles. The number of amides is 1. The molecule has 0 aromatic rings. The molecule has 2 saturated heterocycles. The summed E-state index contributed by atoms with van der Waals surface area (Å²) in [5.74, 6) is 0.226. The van der Waals surface area contributed by atoms with Gasteiger partial charge in [0.15, 0.2) is 0 Å². The summed E-state index contributed by atoms with van der Waals surface area (Å²) >= 11 is 0. The fourth-order valence-electron chi connectivity index (χ4n) is 2.93. The Morgan fingerprint density at radius 3 is 2.63 bits per heavy atom. The van der Waals surface area contributed by atoms with E-state index < -0.39 is 0 Å². The van der Waals surface area contributed by atoms with Crippen molar-refractivity contribution in [1.82, 2.24) is 15.1 Å². The quantitative estimate of drug-likeness (QED) is 0.797.